The molecule has 0 aliphatic heterocycles. The minimum absolute atomic E-state index is 0.0850. The van der Waals surface area contributed by atoms with Gasteiger partial charge in [0.2, 0.25) is 0 Å². The summed E-state index contributed by atoms with van der Waals surface area (Å²) in [4.78, 5) is 11.4. The molecule has 0 radical (unpaired) electrons. The molecule has 1 aromatic rings. The van der Waals surface area contributed by atoms with Crippen molar-refractivity contribution in [3.8, 4) is 0 Å². The quantitative estimate of drug-likeness (QED) is 0.776. The smallest absolute Gasteiger partial charge is 0.357 e. The van der Waals surface area contributed by atoms with Gasteiger partial charge in [0.25, 0.3) is 0 Å². The van der Waals surface area contributed by atoms with Crippen molar-refractivity contribution in [1.29, 1.82) is 0 Å². The van der Waals surface area contributed by atoms with Gasteiger partial charge in [-0.15, -0.1) is 5.10 Å². The first kappa shape index (κ1) is 9.54. The second-order valence-electron chi connectivity index (χ2n) is 3.36. The van der Waals surface area contributed by atoms with Crippen molar-refractivity contribution in [1.82, 2.24) is 14.9 Å². The molecule has 0 unspecified atom stereocenters. The lowest BCUT2D eigenvalue weighted by molar-refractivity contribution is 0.0689. The molecule has 2 N–H and O–H groups in total. The molecule has 1 fully saturated rings. The minimum Gasteiger partial charge on any atom is -0.476 e. The van der Waals surface area contributed by atoms with E-state index in [1.807, 2.05) is 0 Å². The van der Waals surface area contributed by atoms with Crippen LogP contribution < -0.4 is 5.32 Å². The Kier molecular flexibility index (Phi) is 2.74. The molecule has 0 spiro atoms. The van der Waals surface area contributed by atoms with Gasteiger partial charge in [-0.1, -0.05) is 10.9 Å². The third-order valence-corrected chi connectivity index (χ3v) is 3.14. The summed E-state index contributed by atoms with van der Waals surface area (Å²) in [5.41, 5.74) is 0.0850. The molecule has 14 heavy (non-hydrogen) atoms. The fraction of sp³-hybridized carbons (Fsp3) is 0.625. The number of nitrogens with zero attached hydrogens (tertiary/aromatic N) is 2. The number of rotatable bonds is 4. The predicted molar refractivity (Wildman–Crippen MR) is 51.3 cm³/mol. The zero-order chi connectivity index (χ0) is 9.97. The molecular weight excluding hydrogens is 202 g/mol. The van der Waals surface area contributed by atoms with E-state index < -0.39 is 5.97 Å². The topological polar surface area (TPSA) is 75.1 Å². The molecule has 0 amide bonds. The van der Waals surface area contributed by atoms with Crippen molar-refractivity contribution in [2.45, 2.75) is 31.8 Å². The van der Waals surface area contributed by atoms with Crippen molar-refractivity contribution in [2.24, 2.45) is 0 Å². The van der Waals surface area contributed by atoms with Gasteiger partial charge in [-0.05, 0) is 24.4 Å². The van der Waals surface area contributed by atoms with E-state index in [0.717, 1.165) is 11.5 Å². The second kappa shape index (κ2) is 4.02. The molecular formula is C8H11N3O2S. The second-order valence-corrected chi connectivity index (χ2v) is 4.20. The predicted octanol–water partition coefficient (Wildman–Crippen LogP) is 0.878. The van der Waals surface area contributed by atoms with Crippen LogP contribution in [0.25, 0.3) is 0 Å². The van der Waals surface area contributed by atoms with E-state index in [1.165, 1.54) is 19.3 Å². The van der Waals surface area contributed by atoms with E-state index in [-0.39, 0.29) is 5.69 Å². The molecule has 1 aliphatic rings. The molecule has 2 rings (SSSR count). The lowest BCUT2D eigenvalue weighted by atomic mass is 9.93. The Morgan fingerprint density at radius 2 is 2.43 bits per heavy atom. The van der Waals surface area contributed by atoms with Crippen molar-refractivity contribution in [3.63, 3.8) is 0 Å². The summed E-state index contributed by atoms with van der Waals surface area (Å²) in [5, 5.41) is 15.6. The van der Waals surface area contributed by atoms with Crippen LogP contribution >= 0.6 is 11.5 Å². The van der Waals surface area contributed by atoms with Crippen LogP contribution in [0.5, 0.6) is 0 Å². The van der Waals surface area contributed by atoms with E-state index in [2.05, 4.69) is 14.9 Å². The Morgan fingerprint density at radius 1 is 1.64 bits per heavy atom. The number of carboxylic acid groups (broad SMARTS) is 1. The van der Waals surface area contributed by atoms with Gasteiger partial charge in [0.15, 0.2) is 5.69 Å². The first-order valence-corrected chi connectivity index (χ1v) is 5.32. The summed E-state index contributed by atoms with van der Waals surface area (Å²) >= 11 is 1.15. The van der Waals surface area contributed by atoms with E-state index >= 15 is 0 Å². The van der Waals surface area contributed by atoms with Gasteiger partial charge in [-0.2, -0.15) is 0 Å². The molecule has 0 bridgehead atoms. The Hall–Kier alpha value is -1.01. The summed E-state index contributed by atoms with van der Waals surface area (Å²) in [6, 6.07) is 0.554. The van der Waals surface area contributed by atoms with E-state index in [1.54, 1.807) is 0 Å². The first-order chi connectivity index (χ1) is 6.77. The zero-order valence-electron chi connectivity index (χ0n) is 7.56. The van der Waals surface area contributed by atoms with E-state index in [4.69, 9.17) is 5.11 Å². The largest absolute Gasteiger partial charge is 0.476 e. The Balaban J connectivity index is 1.94. The number of hydrogen-bond donors (Lipinski definition) is 2. The van der Waals surface area contributed by atoms with Crippen LogP contribution in [0.2, 0.25) is 0 Å². The van der Waals surface area contributed by atoms with Crippen molar-refractivity contribution < 1.29 is 9.90 Å². The van der Waals surface area contributed by atoms with Crippen LogP contribution in [0.4, 0.5) is 0 Å². The van der Waals surface area contributed by atoms with Crippen LogP contribution in [-0.4, -0.2) is 26.7 Å². The number of carboxylic acids is 1. The average Bonchev–Trinajstić information content (AvgIpc) is 2.49. The Morgan fingerprint density at radius 3 is 3.00 bits per heavy atom. The molecule has 0 atom stereocenters. The average molecular weight is 213 g/mol. The SMILES string of the molecule is O=C(O)c1nnsc1CNC1CCC1. The lowest BCUT2D eigenvalue weighted by Gasteiger charge is -2.26. The normalized spacial score (nSPS) is 16.6. The number of hydrogen-bond acceptors (Lipinski definition) is 5. The third-order valence-electron chi connectivity index (χ3n) is 2.42. The summed E-state index contributed by atoms with van der Waals surface area (Å²) in [5.74, 6) is -0.996. The maximum atomic E-state index is 10.7. The highest BCUT2D eigenvalue weighted by Crippen LogP contribution is 2.19. The molecule has 6 heteroatoms. The zero-order valence-corrected chi connectivity index (χ0v) is 8.38. The Bertz CT molecular complexity index is 335. The van der Waals surface area contributed by atoms with Gasteiger partial charge in [-0.25, -0.2) is 4.79 Å². The van der Waals surface area contributed by atoms with Gasteiger partial charge >= 0.3 is 5.97 Å². The van der Waals surface area contributed by atoms with Crippen molar-refractivity contribution >= 4 is 17.5 Å². The Labute approximate surface area is 85.3 Å². The standard InChI is InChI=1S/C8H11N3O2S/c12-8(13)7-6(14-11-10-7)4-9-5-2-1-3-5/h5,9H,1-4H2,(H,12,13). The molecule has 1 saturated carbocycles. The van der Waals surface area contributed by atoms with Gasteiger partial charge in [0, 0.05) is 12.6 Å². The third kappa shape index (κ3) is 1.91. The first-order valence-electron chi connectivity index (χ1n) is 4.55. The summed E-state index contributed by atoms with van der Waals surface area (Å²) in [6.45, 7) is 0.573. The van der Waals surface area contributed by atoms with E-state index in [0.29, 0.717) is 17.5 Å². The van der Waals surface area contributed by atoms with Crippen molar-refractivity contribution in [2.75, 3.05) is 0 Å². The highest BCUT2D eigenvalue weighted by Gasteiger charge is 2.19. The summed E-state index contributed by atoms with van der Waals surface area (Å²) < 4.78 is 3.64. The van der Waals surface area contributed by atoms with Crippen LogP contribution in [-0.2, 0) is 6.54 Å². The maximum absolute atomic E-state index is 10.7. The highest BCUT2D eigenvalue weighted by atomic mass is 32.1. The molecule has 0 aromatic carbocycles. The van der Waals surface area contributed by atoms with Gasteiger partial charge in [-0.3, -0.25) is 0 Å². The molecule has 1 heterocycles. The summed E-state index contributed by atoms with van der Waals surface area (Å²) in [7, 11) is 0. The van der Waals surface area contributed by atoms with Gasteiger partial charge in [0.05, 0.1) is 4.88 Å². The van der Waals surface area contributed by atoms with Gasteiger partial charge in [0.1, 0.15) is 0 Å². The molecule has 76 valence electrons. The number of aromatic nitrogens is 2. The fourth-order valence-corrected chi connectivity index (χ4v) is 1.92. The lowest BCUT2D eigenvalue weighted by Crippen LogP contribution is -2.34. The molecule has 1 aliphatic carbocycles. The van der Waals surface area contributed by atoms with Gasteiger partial charge < -0.3 is 10.4 Å². The maximum Gasteiger partial charge on any atom is 0.357 e. The number of carbonyl (C=O) groups is 1. The van der Waals surface area contributed by atoms with Crippen LogP contribution in [0.3, 0.4) is 0 Å². The highest BCUT2D eigenvalue weighted by molar-refractivity contribution is 7.05. The fourth-order valence-electron chi connectivity index (χ4n) is 1.34. The van der Waals surface area contributed by atoms with Crippen LogP contribution in [0, 0.1) is 0 Å². The molecule has 0 saturated heterocycles. The number of aromatic carboxylic acids is 1. The van der Waals surface area contributed by atoms with Crippen molar-refractivity contribution in [3.05, 3.63) is 10.6 Å². The van der Waals surface area contributed by atoms with E-state index in [9.17, 15) is 4.79 Å². The monoisotopic (exact) mass is 213 g/mol. The van der Waals surface area contributed by atoms with Crippen LogP contribution in [0.15, 0.2) is 0 Å². The minimum atomic E-state index is -0.996. The number of nitrogens with one attached hydrogen (secondary N) is 1. The molecule has 1 aromatic heterocycles. The van der Waals surface area contributed by atoms with Crippen LogP contribution in [0.1, 0.15) is 34.6 Å². The molecule has 5 nitrogen and oxygen atoms in total. The summed E-state index contributed by atoms with van der Waals surface area (Å²) in [6.07, 6.45) is 3.65.